The van der Waals surface area contributed by atoms with Gasteiger partial charge in [0.1, 0.15) is 6.54 Å². The maximum atomic E-state index is 13.0. The van der Waals surface area contributed by atoms with Crippen LogP contribution in [0.25, 0.3) is 28.5 Å². The number of carbonyl (C=O) groups excluding carboxylic acids is 1. The SMILES string of the molecule is CCN(Cc1ccccc1)C(=O)Cn1nc2c(-c3nc(-c4ccccc4)no3)cccn2c1=O. The Morgan fingerprint density at radius 1 is 1.00 bits per heavy atom. The second-order valence-electron chi connectivity index (χ2n) is 7.74. The van der Waals surface area contributed by atoms with E-state index in [1.807, 2.05) is 67.6 Å². The van der Waals surface area contributed by atoms with Gasteiger partial charge in [-0.05, 0) is 24.6 Å². The number of hydrogen-bond acceptors (Lipinski definition) is 6. The molecular weight excluding hydrogens is 432 g/mol. The molecule has 0 fully saturated rings. The molecule has 5 rings (SSSR count). The number of pyridine rings is 1. The summed E-state index contributed by atoms with van der Waals surface area (Å²) in [6.45, 7) is 2.73. The molecule has 0 aliphatic carbocycles. The van der Waals surface area contributed by atoms with Gasteiger partial charge in [-0.1, -0.05) is 65.8 Å². The molecule has 2 aromatic carbocycles. The number of likely N-dealkylation sites (N-methyl/N-ethyl adjacent to an activating group) is 1. The average molecular weight is 454 g/mol. The molecule has 3 heterocycles. The Morgan fingerprint density at radius 2 is 1.74 bits per heavy atom. The predicted octanol–water partition coefficient (Wildman–Crippen LogP) is 3.26. The lowest BCUT2D eigenvalue weighted by Crippen LogP contribution is -2.36. The molecule has 0 bridgehead atoms. The van der Waals surface area contributed by atoms with E-state index in [4.69, 9.17) is 4.52 Å². The quantitative estimate of drug-likeness (QED) is 0.374. The molecule has 5 aromatic rings. The van der Waals surface area contributed by atoms with Crippen LogP contribution >= 0.6 is 0 Å². The van der Waals surface area contributed by atoms with Crippen LogP contribution in [0.1, 0.15) is 12.5 Å². The maximum Gasteiger partial charge on any atom is 0.350 e. The molecule has 170 valence electrons. The van der Waals surface area contributed by atoms with Crippen LogP contribution in [0.3, 0.4) is 0 Å². The summed E-state index contributed by atoms with van der Waals surface area (Å²) in [5.74, 6) is 0.490. The third-order valence-corrected chi connectivity index (χ3v) is 5.53. The van der Waals surface area contributed by atoms with Crippen LogP contribution in [0, 0.1) is 0 Å². The third-order valence-electron chi connectivity index (χ3n) is 5.53. The predicted molar refractivity (Wildman–Crippen MR) is 126 cm³/mol. The van der Waals surface area contributed by atoms with Crippen molar-refractivity contribution in [3.8, 4) is 22.8 Å². The monoisotopic (exact) mass is 454 g/mol. The largest absolute Gasteiger partial charge is 0.350 e. The molecule has 3 aromatic heterocycles. The van der Waals surface area contributed by atoms with Gasteiger partial charge >= 0.3 is 5.69 Å². The molecule has 0 radical (unpaired) electrons. The highest BCUT2D eigenvalue weighted by atomic mass is 16.5. The minimum Gasteiger partial charge on any atom is -0.337 e. The van der Waals surface area contributed by atoms with Gasteiger partial charge in [0, 0.05) is 24.8 Å². The number of amides is 1. The van der Waals surface area contributed by atoms with Crippen molar-refractivity contribution in [1.29, 1.82) is 0 Å². The lowest BCUT2D eigenvalue weighted by molar-refractivity contribution is -0.132. The van der Waals surface area contributed by atoms with E-state index < -0.39 is 5.69 Å². The Hall–Kier alpha value is -4.53. The smallest absolute Gasteiger partial charge is 0.337 e. The first kappa shape index (κ1) is 21.3. The molecule has 0 unspecified atom stereocenters. The van der Waals surface area contributed by atoms with E-state index in [2.05, 4.69) is 15.2 Å². The number of benzene rings is 2. The summed E-state index contributed by atoms with van der Waals surface area (Å²) in [7, 11) is 0. The zero-order valence-electron chi connectivity index (χ0n) is 18.5. The summed E-state index contributed by atoms with van der Waals surface area (Å²) >= 11 is 0. The highest BCUT2D eigenvalue weighted by Gasteiger charge is 2.20. The highest BCUT2D eigenvalue weighted by Crippen LogP contribution is 2.24. The lowest BCUT2D eigenvalue weighted by atomic mass is 10.2. The van der Waals surface area contributed by atoms with Crippen molar-refractivity contribution in [1.82, 2.24) is 29.2 Å². The van der Waals surface area contributed by atoms with Crippen LogP contribution in [-0.4, -0.2) is 41.7 Å². The van der Waals surface area contributed by atoms with Crippen LogP contribution in [-0.2, 0) is 17.9 Å². The molecule has 0 atom stereocenters. The minimum absolute atomic E-state index is 0.167. The van der Waals surface area contributed by atoms with Gasteiger partial charge in [-0.2, -0.15) is 4.98 Å². The van der Waals surface area contributed by atoms with Crippen molar-refractivity contribution >= 4 is 11.6 Å². The second-order valence-corrected chi connectivity index (χ2v) is 7.74. The van der Waals surface area contributed by atoms with Gasteiger partial charge in [-0.3, -0.25) is 4.79 Å². The first-order valence-corrected chi connectivity index (χ1v) is 10.9. The van der Waals surface area contributed by atoms with E-state index in [9.17, 15) is 9.59 Å². The second kappa shape index (κ2) is 9.14. The molecule has 0 aliphatic heterocycles. The first-order valence-electron chi connectivity index (χ1n) is 10.9. The number of nitrogens with zero attached hydrogens (tertiary/aromatic N) is 6. The van der Waals surface area contributed by atoms with Crippen molar-refractivity contribution in [2.75, 3.05) is 6.54 Å². The van der Waals surface area contributed by atoms with Gasteiger partial charge in [-0.25, -0.2) is 13.9 Å². The molecule has 9 nitrogen and oxygen atoms in total. The van der Waals surface area contributed by atoms with Crippen molar-refractivity contribution in [2.24, 2.45) is 0 Å². The Bertz CT molecular complexity index is 1490. The zero-order chi connectivity index (χ0) is 23.5. The number of aromatic nitrogens is 5. The number of rotatable bonds is 7. The van der Waals surface area contributed by atoms with Crippen LogP contribution in [0.2, 0.25) is 0 Å². The molecule has 0 saturated heterocycles. The molecule has 0 aliphatic rings. The topological polar surface area (TPSA) is 98.5 Å². The van der Waals surface area contributed by atoms with E-state index >= 15 is 0 Å². The summed E-state index contributed by atoms with van der Waals surface area (Å²) in [5, 5.41) is 8.48. The Kier molecular flexibility index (Phi) is 5.73. The molecule has 0 spiro atoms. The number of carbonyl (C=O) groups is 1. The van der Waals surface area contributed by atoms with Gasteiger partial charge in [0.05, 0.1) is 5.56 Å². The number of fused-ring (bicyclic) bond motifs is 1. The lowest BCUT2D eigenvalue weighted by Gasteiger charge is -2.20. The van der Waals surface area contributed by atoms with E-state index in [-0.39, 0.29) is 18.3 Å². The summed E-state index contributed by atoms with van der Waals surface area (Å²) < 4.78 is 8.01. The van der Waals surface area contributed by atoms with E-state index in [1.54, 1.807) is 23.2 Å². The first-order chi connectivity index (χ1) is 16.6. The number of hydrogen-bond donors (Lipinski definition) is 0. The van der Waals surface area contributed by atoms with Gasteiger partial charge in [0.2, 0.25) is 11.7 Å². The van der Waals surface area contributed by atoms with Gasteiger partial charge in [0.25, 0.3) is 5.89 Å². The van der Waals surface area contributed by atoms with Crippen molar-refractivity contribution in [3.63, 3.8) is 0 Å². The maximum absolute atomic E-state index is 13.0. The van der Waals surface area contributed by atoms with E-state index in [0.717, 1.165) is 11.1 Å². The zero-order valence-corrected chi connectivity index (χ0v) is 18.5. The van der Waals surface area contributed by atoms with Crippen molar-refractivity contribution in [2.45, 2.75) is 20.0 Å². The Morgan fingerprint density at radius 3 is 2.47 bits per heavy atom. The Balaban J connectivity index is 1.44. The summed E-state index contributed by atoms with van der Waals surface area (Å²) in [5.41, 5.74) is 2.28. The molecular formula is C25H22N6O3. The molecule has 9 heteroatoms. The molecule has 0 saturated carbocycles. The summed E-state index contributed by atoms with van der Waals surface area (Å²) in [6.07, 6.45) is 1.60. The average Bonchev–Trinajstić information content (AvgIpc) is 3.49. The Labute approximate surface area is 194 Å². The fourth-order valence-electron chi connectivity index (χ4n) is 3.75. The van der Waals surface area contributed by atoms with Crippen LogP contribution in [0.15, 0.2) is 88.3 Å². The normalized spacial score (nSPS) is 11.1. The van der Waals surface area contributed by atoms with Gasteiger partial charge in [0.15, 0.2) is 5.65 Å². The summed E-state index contributed by atoms with van der Waals surface area (Å²) in [6, 6.07) is 22.6. The fraction of sp³-hybridized carbons (Fsp3) is 0.160. The van der Waals surface area contributed by atoms with Gasteiger partial charge < -0.3 is 9.42 Å². The van der Waals surface area contributed by atoms with Crippen molar-refractivity contribution < 1.29 is 9.32 Å². The fourth-order valence-corrected chi connectivity index (χ4v) is 3.75. The van der Waals surface area contributed by atoms with Crippen LogP contribution < -0.4 is 5.69 Å². The molecule has 1 amide bonds. The standard InChI is InChI=1S/C25H22N6O3/c1-2-29(16-18-10-5-3-6-11-18)21(32)17-31-25(33)30-15-9-14-20(23(30)27-31)24-26-22(28-34-24)19-12-7-4-8-13-19/h3-15H,2,16-17H2,1H3. The van der Waals surface area contributed by atoms with Crippen molar-refractivity contribution in [3.05, 3.63) is 95.0 Å². The minimum atomic E-state index is -0.413. The summed E-state index contributed by atoms with van der Waals surface area (Å²) in [4.78, 5) is 32.1. The van der Waals surface area contributed by atoms with Crippen LogP contribution in [0.5, 0.6) is 0 Å². The van der Waals surface area contributed by atoms with Crippen LogP contribution in [0.4, 0.5) is 0 Å². The van der Waals surface area contributed by atoms with E-state index in [1.165, 1.54) is 9.08 Å². The van der Waals surface area contributed by atoms with Gasteiger partial charge in [-0.15, -0.1) is 5.10 Å². The third kappa shape index (κ3) is 4.11. The molecule has 34 heavy (non-hydrogen) atoms. The molecule has 0 N–H and O–H groups in total. The highest BCUT2D eigenvalue weighted by molar-refractivity contribution is 5.76. The van der Waals surface area contributed by atoms with E-state index in [0.29, 0.717) is 30.1 Å².